The average molecular weight is 359 g/mol. The van der Waals surface area contributed by atoms with Crippen LogP contribution >= 0.6 is 0 Å². The van der Waals surface area contributed by atoms with E-state index in [4.69, 9.17) is 6.57 Å². The molecule has 0 saturated heterocycles. The van der Waals surface area contributed by atoms with Gasteiger partial charge in [-0.3, -0.25) is 4.79 Å². The number of fused-ring (bicyclic) bond motifs is 3. The number of allylic oxidation sites excluding steroid dienone is 2. The van der Waals surface area contributed by atoms with Crippen molar-refractivity contribution >= 4 is 11.7 Å². The van der Waals surface area contributed by atoms with Gasteiger partial charge in [0.1, 0.15) is 0 Å². The molecule has 27 heavy (non-hydrogen) atoms. The maximum atomic E-state index is 12.8. The lowest BCUT2D eigenvalue weighted by Crippen LogP contribution is -2.50. The van der Waals surface area contributed by atoms with Crippen LogP contribution in [0.1, 0.15) is 48.8 Å². The number of hydrogen-bond donors (Lipinski definition) is 0. The smallest absolute Gasteiger partial charge is 0.278 e. The molecule has 0 saturated carbocycles. The molecule has 1 aromatic heterocycles. The summed E-state index contributed by atoms with van der Waals surface area (Å²) in [4.78, 5) is 29.0. The summed E-state index contributed by atoms with van der Waals surface area (Å²) in [5.74, 6) is -0.223. The zero-order valence-electron chi connectivity index (χ0n) is 15.7. The molecule has 4 rings (SSSR count). The Labute approximate surface area is 158 Å². The second-order valence-electron chi connectivity index (χ2n) is 8.18. The van der Waals surface area contributed by atoms with Crippen LogP contribution in [-0.2, 0) is 16.6 Å². The van der Waals surface area contributed by atoms with Crippen LogP contribution < -0.4 is 0 Å². The van der Waals surface area contributed by atoms with E-state index in [0.717, 1.165) is 24.1 Å². The summed E-state index contributed by atoms with van der Waals surface area (Å²) in [6, 6.07) is 9.07. The number of nitrogens with zero attached hydrogens (tertiary/aromatic N) is 3. The van der Waals surface area contributed by atoms with Crippen LogP contribution in [-0.4, -0.2) is 21.5 Å². The van der Waals surface area contributed by atoms with E-state index in [-0.39, 0.29) is 23.3 Å². The zero-order chi connectivity index (χ0) is 19.4. The van der Waals surface area contributed by atoms with Gasteiger partial charge in [-0.25, -0.2) is 9.53 Å². The van der Waals surface area contributed by atoms with Crippen LogP contribution in [0.5, 0.6) is 0 Å². The first-order valence-corrected chi connectivity index (χ1v) is 9.13. The first-order valence-electron chi connectivity index (χ1n) is 9.13. The molecule has 1 aromatic carbocycles. The van der Waals surface area contributed by atoms with Gasteiger partial charge >= 0.3 is 0 Å². The van der Waals surface area contributed by atoms with Crippen molar-refractivity contribution in [3.05, 3.63) is 76.5 Å². The van der Waals surface area contributed by atoms with Crippen molar-refractivity contribution in [1.29, 1.82) is 0 Å². The summed E-state index contributed by atoms with van der Waals surface area (Å²) in [5, 5.41) is 4.65. The number of carbonyl (C=O) groups is 2. The molecule has 0 unspecified atom stereocenters. The fourth-order valence-corrected chi connectivity index (χ4v) is 4.83. The molecule has 0 amide bonds. The van der Waals surface area contributed by atoms with E-state index in [1.54, 1.807) is 24.4 Å². The van der Waals surface area contributed by atoms with Crippen molar-refractivity contribution in [2.75, 3.05) is 0 Å². The SMILES string of the molecule is [C-]#[N+]C1=C[C@]2(C)c3nn(C(=O)c4ccccc4)cc3CC[C@H]2C(C)(C)C1=O. The van der Waals surface area contributed by atoms with Crippen LogP contribution in [0.4, 0.5) is 0 Å². The number of carbonyl (C=O) groups excluding carboxylic acids is 2. The number of aryl methyl sites for hydroxylation is 1. The first-order chi connectivity index (χ1) is 12.8. The average Bonchev–Trinajstić information content (AvgIpc) is 3.10. The second kappa shape index (κ2) is 5.75. The molecule has 5 heteroatoms. The van der Waals surface area contributed by atoms with Crippen LogP contribution in [0.2, 0.25) is 0 Å². The van der Waals surface area contributed by atoms with Gasteiger partial charge in [-0.05, 0) is 36.5 Å². The molecule has 2 aliphatic rings. The maximum Gasteiger partial charge on any atom is 0.278 e. The highest BCUT2D eigenvalue weighted by atomic mass is 16.2. The lowest BCUT2D eigenvalue weighted by Gasteiger charge is -2.49. The third-order valence-corrected chi connectivity index (χ3v) is 6.20. The third kappa shape index (κ3) is 2.40. The van der Waals surface area contributed by atoms with E-state index in [1.807, 2.05) is 39.0 Å². The van der Waals surface area contributed by atoms with Gasteiger partial charge < -0.3 is 4.79 Å². The number of Topliss-reactive ketones (excluding diaryl/α,β-unsaturated/α-hetero) is 1. The van der Waals surface area contributed by atoms with Crippen molar-refractivity contribution in [1.82, 2.24) is 9.78 Å². The topological polar surface area (TPSA) is 56.3 Å². The number of benzene rings is 1. The molecule has 0 radical (unpaired) electrons. The molecule has 0 fully saturated rings. The van der Waals surface area contributed by atoms with Gasteiger partial charge in [0.2, 0.25) is 5.70 Å². The first kappa shape index (κ1) is 17.4. The molecule has 2 atom stereocenters. The highest BCUT2D eigenvalue weighted by Gasteiger charge is 2.54. The molecular formula is C22H21N3O2. The highest BCUT2D eigenvalue weighted by molar-refractivity contribution is 6.02. The van der Waals surface area contributed by atoms with Gasteiger partial charge in [-0.1, -0.05) is 45.0 Å². The lowest BCUT2D eigenvalue weighted by molar-refractivity contribution is -0.128. The maximum absolute atomic E-state index is 12.8. The summed E-state index contributed by atoms with van der Waals surface area (Å²) < 4.78 is 1.41. The molecule has 5 nitrogen and oxygen atoms in total. The number of aromatic nitrogens is 2. The van der Waals surface area contributed by atoms with Gasteiger partial charge in [0.05, 0.1) is 12.3 Å². The predicted molar refractivity (Wildman–Crippen MR) is 101 cm³/mol. The largest absolute Gasteiger partial charge is 0.307 e. The molecule has 1 heterocycles. The Balaban J connectivity index is 1.84. The molecule has 136 valence electrons. The summed E-state index contributed by atoms with van der Waals surface area (Å²) in [6.07, 6.45) is 5.19. The van der Waals surface area contributed by atoms with E-state index >= 15 is 0 Å². The Morgan fingerprint density at radius 2 is 1.96 bits per heavy atom. The minimum absolute atomic E-state index is 0.0469. The van der Waals surface area contributed by atoms with Crippen molar-refractivity contribution in [2.24, 2.45) is 11.3 Å². The van der Waals surface area contributed by atoms with Crippen molar-refractivity contribution < 1.29 is 9.59 Å². The van der Waals surface area contributed by atoms with Crippen LogP contribution in [0, 0.1) is 17.9 Å². The zero-order valence-corrected chi connectivity index (χ0v) is 15.7. The van der Waals surface area contributed by atoms with E-state index in [0.29, 0.717) is 5.56 Å². The summed E-state index contributed by atoms with van der Waals surface area (Å²) in [6.45, 7) is 13.3. The number of rotatable bonds is 1. The summed E-state index contributed by atoms with van der Waals surface area (Å²) in [7, 11) is 0. The quantitative estimate of drug-likeness (QED) is 0.728. The molecule has 2 aliphatic carbocycles. The number of hydrogen-bond acceptors (Lipinski definition) is 3. The van der Waals surface area contributed by atoms with Crippen molar-refractivity contribution in [3.63, 3.8) is 0 Å². The van der Waals surface area contributed by atoms with Gasteiger partial charge in [0.25, 0.3) is 5.91 Å². The molecule has 0 N–H and O–H groups in total. The standard InChI is InChI=1S/C22H21N3O2/c1-21(2)17-11-10-15-13-25(20(27)14-8-6-5-7-9-14)24-18(15)22(17,3)12-16(23-4)19(21)26/h5-9,12-13,17H,10-11H2,1-3H3/t17-,22-/m0/s1. The fraction of sp³-hybridized carbons (Fsp3) is 0.364. The van der Waals surface area contributed by atoms with Gasteiger partial charge in [-0.2, -0.15) is 5.10 Å². The van der Waals surface area contributed by atoms with Gasteiger partial charge in [0.15, 0.2) is 5.78 Å². The second-order valence-corrected chi connectivity index (χ2v) is 8.18. The van der Waals surface area contributed by atoms with E-state index < -0.39 is 10.8 Å². The van der Waals surface area contributed by atoms with Crippen LogP contribution in [0.15, 0.2) is 48.3 Å². The number of ketones is 1. The Morgan fingerprint density at radius 3 is 2.63 bits per heavy atom. The third-order valence-electron chi connectivity index (χ3n) is 6.20. The van der Waals surface area contributed by atoms with Gasteiger partial charge in [-0.15, -0.1) is 0 Å². The molecule has 0 bridgehead atoms. The fourth-order valence-electron chi connectivity index (χ4n) is 4.83. The van der Waals surface area contributed by atoms with Gasteiger partial charge in [0, 0.05) is 22.6 Å². The van der Waals surface area contributed by atoms with Crippen molar-refractivity contribution in [3.8, 4) is 0 Å². The molecule has 2 aromatic rings. The predicted octanol–water partition coefficient (Wildman–Crippen LogP) is 3.80. The molecule has 0 spiro atoms. The van der Waals surface area contributed by atoms with E-state index in [1.165, 1.54) is 4.68 Å². The summed E-state index contributed by atoms with van der Waals surface area (Å²) in [5.41, 5.74) is 1.42. The molecular weight excluding hydrogens is 338 g/mol. The Hall–Kier alpha value is -3.00. The Morgan fingerprint density at radius 1 is 1.26 bits per heavy atom. The minimum atomic E-state index is -0.631. The minimum Gasteiger partial charge on any atom is -0.307 e. The monoisotopic (exact) mass is 359 g/mol. The highest BCUT2D eigenvalue weighted by Crippen LogP contribution is 2.54. The van der Waals surface area contributed by atoms with E-state index in [2.05, 4.69) is 9.94 Å². The normalized spacial score (nSPS) is 25.8. The van der Waals surface area contributed by atoms with E-state index in [9.17, 15) is 9.59 Å². The lowest BCUT2D eigenvalue weighted by atomic mass is 9.53. The molecule has 0 aliphatic heterocycles. The Kier molecular flexibility index (Phi) is 3.71. The Bertz CT molecular complexity index is 1020. The van der Waals surface area contributed by atoms with Crippen LogP contribution in [0.3, 0.4) is 0 Å². The summed E-state index contributed by atoms with van der Waals surface area (Å²) >= 11 is 0. The van der Waals surface area contributed by atoms with Crippen LogP contribution in [0.25, 0.3) is 4.85 Å². The van der Waals surface area contributed by atoms with Crippen molar-refractivity contribution in [2.45, 2.75) is 39.0 Å².